The summed E-state index contributed by atoms with van der Waals surface area (Å²) in [6.07, 6.45) is 0. The van der Waals surface area contributed by atoms with Gasteiger partial charge in [-0.05, 0) is 26.3 Å². The van der Waals surface area contributed by atoms with Gasteiger partial charge >= 0.3 is 12.0 Å². The van der Waals surface area contributed by atoms with Crippen molar-refractivity contribution in [3.63, 3.8) is 0 Å². The van der Waals surface area contributed by atoms with Gasteiger partial charge in [0.25, 0.3) is 11.8 Å². The van der Waals surface area contributed by atoms with Crippen LogP contribution in [0.25, 0.3) is 0 Å². The van der Waals surface area contributed by atoms with Crippen LogP contribution in [0.3, 0.4) is 0 Å². The average Bonchev–Trinajstić information content (AvgIpc) is 2.74. The first-order valence-corrected chi connectivity index (χ1v) is 7.81. The number of ether oxygens (including phenoxy) is 1. The summed E-state index contributed by atoms with van der Waals surface area (Å²) >= 11 is 0. The first-order chi connectivity index (χ1) is 11.7. The Morgan fingerprint density at radius 1 is 1.20 bits per heavy atom. The molecule has 2 rings (SSSR count). The van der Waals surface area contributed by atoms with Gasteiger partial charge in [0.05, 0.1) is 0 Å². The lowest BCUT2D eigenvalue weighted by Gasteiger charge is -2.15. The zero-order valence-electron chi connectivity index (χ0n) is 14.4. The number of urea groups is 1. The minimum Gasteiger partial charge on any atom is -0.454 e. The highest BCUT2D eigenvalue weighted by Gasteiger charge is 2.45. The lowest BCUT2D eigenvalue weighted by molar-refractivity contribution is -0.151. The molecule has 8 heteroatoms. The van der Waals surface area contributed by atoms with Crippen LogP contribution in [0.2, 0.25) is 0 Å². The largest absolute Gasteiger partial charge is 0.454 e. The molecule has 0 saturated carbocycles. The Labute approximate surface area is 145 Å². The van der Waals surface area contributed by atoms with E-state index < -0.39 is 42.5 Å². The molecule has 0 aromatic heterocycles. The molecular formula is C17H21N3O5. The number of carbonyl (C=O) groups is 4. The highest BCUT2D eigenvalue weighted by molar-refractivity contribution is 6.08. The van der Waals surface area contributed by atoms with E-state index in [4.69, 9.17) is 4.74 Å². The molecular weight excluding hydrogens is 326 g/mol. The highest BCUT2D eigenvalue weighted by Crippen LogP contribution is 2.16. The predicted molar refractivity (Wildman–Crippen MR) is 88.3 cm³/mol. The van der Waals surface area contributed by atoms with Gasteiger partial charge in [0.2, 0.25) is 0 Å². The predicted octanol–water partition coefficient (Wildman–Crippen LogP) is 0.485. The van der Waals surface area contributed by atoms with Crippen LogP contribution in [0.1, 0.15) is 25.0 Å². The van der Waals surface area contributed by atoms with Gasteiger partial charge < -0.3 is 15.4 Å². The molecule has 1 aromatic carbocycles. The summed E-state index contributed by atoms with van der Waals surface area (Å²) < 4.78 is 4.81. The normalized spacial score (nSPS) is 15.7. The number of hydrogen-bond donors (Lipinski definition) is 2. The molecule has 0 unspecified atom stereocenters. The van der Waals surface area contributed by atoms with Crippen LogP contribution in [0.15, 0.2) is 24.3 Å². The molecule has 1 fully saturated rings. The van der Waals surface area contributed by atoms with Gasteiger partial charge in [0.1, 0.15) is 12.1 Å². The molecule has 1 heterocycles. The van der Waals surface area contributed by atoms with Crippen LogP contribution in [0, 0.1) is 6.92 Å². The molecule has 134 valence electrons. The number of esters is 1. The molecule has 0 spiro atoms. The SMILES string of the molecule is Cc1ccc(CNC(=O)COC(=O)CN2C(=O)NC(C)(C)C2=O)cc1. The standard InChI is InChI=1S/C17H21N3O5/c1-11-4-6-12(7-5-11)8-18-13(21)10-25-14(22)9-20-15(23)17(2,3)19-16(20)24/h4-7H,8-10H2,1-3H3,(H,18,21)(H,19,24). The van der Waals surface area contributed by atoms with Gasteiger partial charge in [-0.1, -0.05) is 29.8 Å². The van der Waals surface area contributed by atoms with Crippen molar-refractivity contribution in [2.45, 2.75) is 32.9 Å². The Balaban J connectivity index is 1.74. The van der Waals surface area contributed by atoms with E-state index in [-0.39, 0.29) is 0 Å². The summed E-state index contributed by atoms with van der Waals surface area (Å²) in [6.45, 7) is 4.36. The van der Waals surface area contributed by atoms with Crippen molar-refractivity contribution in [2.75, 3.05) is 13.2 Å². The first kappa shape index (κ1) is 18.4. The molecule has 0 atom stereocenters. The fourth-order valence-electron chi connectivity index (χ4n) is 2.24. The van der Waals surface area contributed by atoms with Crippen molar-refractivity contribution in [3.05, 3.63) is 35.4 Å². The molecule has 0 aliphatic carbocycles. The van der Waals surface area contributed by atoms with Gasteiger partial charge in [0.15, 0.2) is 6.61 Å². The second-order valence-electron chi connectivity index (χ2n) is 6.37. The summed E-state index contributed by atoms with van der Waals surface area (Å²) in [4.78, 5) is 47.8. The van der Waals surface area contributed by atoms with Gasteiger partial charge in [-0.15, -0.1) is 0 Å². The second kappa shape index (κ2) is 7.33. The van der Waals surface area contributed by atoms with E-state index in [1.807, 2.05) is 31.2 Å². The van der Waals surface area contributed by atoms with Crippen LogP contribution in [-0.4, -0.2) is 47.4 Å². The third kappa shape index (κ3) is 4.79. The minimum absolute atomic E-state index is 0.317. The highest BCUT2D eigenvalue weighted by atomic mass is 16.5. The second-order valence-corrected chi connectivity index (χ2v) is 6.37. The summed E-state index contributed by atoms with van der Waals surface area (Å²) in [5, 5.41) is 5.08. The molecule has 4 amide bonds. The summed E-state index contributed by atoms with van der Waals surface area (Å²) in [6, 6.07) is 6.99. The quantitative estimate of drug-likeness (QED) is 0.575. The number of benzene rings is 1. The van der Waals surface area contributed by atoms with E-state index in [1.165, 1.54) is 13.8 Å². The fourth-order valence-corrected chi connectivity index (χ4v) is 2.24. The van der Waals surface area contributed by atoms with E-state index in [9.17, 15) is 19.2 Å². The maximum atomic E-state index is 11.9. The third-order valence-electron chi connectivity index (χ3n) is 3.71. The van der Waals surface area contributed by atoms with Crippen molar-refractivity contribution in [1.82, 2.24) is 15.5 Å². The lowest BCUT2D eigenvalue weighted by atomic mass is 10.1. The molecule has 0 bridgehead atoms. The van der Waals surface area contributed by atoms with Crippen molar-refractivity contribution in [1.29, 1.82) is 0 Å². The summed E-state index contributed by atoms with van der Waals surface area (Å²) in [7, 11) is 0. The summed E-state index contributed by atoms with van der Waals surface area (Å²) in [5.74, 6) is -1.81. The van der Waals surface area contributed by atoms with Gasteiger partial charge in [-0.25, -0.2) is 4.79 Å². The third-order valence-corrected chi connectivity index (χ3v) is 3.71. The van der Waals surface area contributed by atoms with Gasteiger partial charge in [-0.3, -0.25) is 19.3 Å². The molecule has 1 saturated heterocycles. The number of aryl methyl sites for hydroxylation is 1. The van der Waals surface area contributed by atoms with Crippen molar-refractivity contribution < 1.29 is 23.9 Å². The molecule has 8 nitrogen and oxygen atoms in total. The lowest BCUT2D eigenvalue weighted by Crippen LogP contribution is -2.41. The molecule has 25 heavy (non-hydrogen) atoms. The molecule has 0 radical (unpaired) electrons. The average molecular weight is 347 g/mol. The molecule has 1 aromatic rings. The Kier molecular flexibility index (Phi) is 5.41. The topological polar surface area (TPSA) is 105 Å². The van der Waals surface area contributed by atoms with E-state index in [2.05, 4.69) is 10.6 Å². The Morgan fingerprint density at radius 2 is 1.84 bits per heavy atom. The number of nitrogens with zero attached hydrogens (tertiary/aromatic N) is 1. The van der Waals surface area contributed by atoms with Crippen LogP contribution >= 0.6 is 0 Å². The number of imide groups is 1. The van der Waals surface area contributed by atoms with Crippen molar-refractivity contribution in [3.8, 4) is 0 Å². The number of hydrogen-bond acceptors (Lipinski definition) is 5. The maximum absolute atomic E-state index is 11.9. The van der Waals surface area contributed by atoms with Crippen molar-refractivity contribution >= 4 is 23.8 Å². The first-order valence-electron chi connectivity index (χ1n) is 7.81. The van der Waals surface area contributed by atoms with E-state index in [0.717, 1.165) is 16.0 Å². The Morgan fingerprint density at radius 3 is 2.40 bits per heavy atom. The fraction of sp³-hybridized carbons (Fsp3) is 0.412. The molecule has 1 aliphatic rings. The van der Waals surface area contributed by atoms with Crippen LogP contribution in [0.5, 0.6) is 0 Å². The zero-order chi connectivity index (χ0) is 18.6. The number of rotatable bonds is 6. The zero-order valence-corrected chi connectivity index (χ0v) is 14.4. The van der Waals surface area contributed by atoms with E-state index >= 15 is 0 Å². The van der Waals surface area contributed by atoms with Crippen molar-refractivity contribution in [2.24, 2.45) is 0 Å². The van der Waals surface area contributed by atoms with Gasteiger partial charge in [0, 0.05) is 6.54 Å². The Hall–Kier alpha value is -2.90. The van der Waals surface area contributed by atoms with Crippen LogP contribution < -0.4 is 10.6 Å². The van der Waals surface area contributed by atoms with Gasteiger partial charge in [-0.2, -0.15) is 0 Å². The van der Waals surface area contributed by atoms with E-state index in [1.54, 1.807) is 0 Å². The van der Waals surface area contributed by atoms with Crippen LogP contribution in [-0.2, 0) is 25.7 Å². The maximum Gasteiger partial charge on any atom is 0.326 e. The smallest absolute Gasteiger partial charge is 0.326 e. The number of amides is 4. The molecule has 1 aliphatic heterocycles. The van der Waals surface area contributed by atoms with E-state index in [0.29, 0.717) is 6.54 Å². The number of nitrogens with one attached hydrogen (secondary N) is 2. The van der Waals surface area contributed by atoms with Crippen LogP contribution in [0.4, 0.5) is 4.79 Å². The molecule has 2 N–H and O–H groups in total. The number of carbonyl (C=O) groups excluding carboxylic acids is 4. The summed E-state index contributed by atoms with van der Waals surface area (Å²) in [5.41, 5.74) is 0.988. The monoisotopic (exact) mass is 347 g/mol. The Bertz CT molecular complexity index is 697. The minimum atomic E-state index is -1.05.